The number of amidine groups is 1. The number of hydrogen-bond acceptors (Lipinski definition) is 3. The van der Waals surface area contributed by atoms with Crippen molar-refractivity contribution in [1.82, 2.24) is 0 Å². The van der Waals surface area contributed by atoms with E-state index in [1.165, 1.54) is 24.3 Å². The third kappa shape index (κ3) is 4.31. The maximum Gasteiger partial charge on any atom is 0.416 e. The summed E-state index contributed by atoms with van der Waals surface area (Å²) in [6, 6.07) is 7.13. The molecule has 2 aromatic rings. The van der Waals surface area contributed by atoms with E-state index in [2.05, 4.69) is 4.99 Å². The second-order valence-corrected chi connectivity index (χ2v) is 7.01. The molecule has 4 nitrogen and oxygen atoms in total. The van der Waals surface area contributed by atoms with Crippen LogP contribution >= 0.6 is 0 Å². The molecule has 0 spiro atoms. The van der Waals surface area contributed by atoms with Gasteiger partial charge in [-0.2, -0.15) is 13.2 Å². The molecular weight excluding hydrogens is 348 g/mol. The van der Waals surface area contributed by atoms with Gasteiger partial charge in [-0.1, -0.05) is 0 Å². The molecule has 2 N–H and O–H groups in total. The largest absolute Gasteiger partial charge is 0.416 e. The average Bonchev–Trinajstić information content (AvgIpc) is 2.45. The van der Waals surface area contributed by atoms with Crippen molar-refractivity contribution < 1.29 is 26.0 Å². The van der Waals surface area contributed by atoms with Gasteiger partial charge in [-0.15, -0.1) is 0 Å². The maximum absolute atomic E-state index is 13.4. The Balaban J connectivity index is 2.39. The number of nitrogens with two attached hydrogens (primary N) is 1. The number of nitrogens with zero attached hydrogens (tertiary/aromatic N) is 1. The zero-order valence-electron chi connectivity index (χ0n) is 12.3. The molecular formula is C15H12F4N2O2S. The lowest BCUT2D eigenvalue weighted by molar-refractivity contribution is -0.137. The van der Waals surface area contributed by atoms with E-state index in [4.69, 9.17) is 5.73 Å². The number of aliphatic imine (C=N–C) groups is 1. The number of alkyl halides is 3. The molecule has 0 saturated carbocycles. The molecule has 0 aliphatic heterocycles. The molecule has 0 radical (unpaired) electrons. The van der Waals surface area contributed by atoms with Crippen molar-refractivity contribution in [2.24, 2.45) is 10.7 Å². The van der Waals surface area contributed by atoms with Gasteiger partial charge in [0.2, 0.25) is 0 Å². The van der Waals surface area contributed by atoms with Gasteiger partial charge in [0.15, 0.2) is 9.84 Å². The van der Waals surface area contributed by atoms with Crippen LogP contribution in [0.25, 0.3) is 0 Å². The molecule has 0 aromatic heterocycles. The minimum Gasteiger partial charge on any atom is -0.383 e. The number of hydrogen-bond donors (Lipinski definition) is 1. The number of halogens is 4. The molecule has 0 amide bonds. The summed E-state index contributed by atoms with van der Waals surface area (Å²) in [4.78, 5) is 3.94. The van der Waals surface area contributed by atoms with Crippen LogP contribution in [-0.2, 0) is 16.0 Å². The average molecular weight is 360 g/mol. The SMILES string of the molecule is CS(=O)(=O)c1ccc(N=C(N)c2cc(F)cc(C(F)(F)F)c2)cc1. The zero-order valence-corrected chi connectivity index (χ0v) is 13.1. The van der Waals surface area contributed by atoms with Gasteiger partial charge in [0, 0.05) is 11.8 Å². The number of rotatable bonds is 3. The minimum absolute atomic E-state index is 0.0603. The summed E-state index contributed by atoms with van der Waals surface area (Å²) in [5, 5.41) is 0. The van der Waals surface area contributed by atoms with Crippen molar-refractivity contribution in [2.75, 3.05) is 6.26 Å². The molecule has 24 heavy (non-hydrogen) atoms. The molecule has 0 aliphatic rings. The highest BCUT2D eigenvalue weighted by atomic mass is 32.2. The predicted octanol–water partition coefficient (Wildman–Crippen LogP) is 3.29. The lowest BCUT2D eigenvalue weighted by atomic mass is 10.1. The fourth-order valence-electron chi connectivity index (χ4n) is 1.87. The van der Waals surface area contributed by atoms with Gasteiger partial charge in [0.1, 0.15) is 11.7 Å². The third-order valence-electron chi connectivity index (χ3n) is 3.04. The second kappa shape index (κ2) is 6.23. The van der Waals surface area contributed by atoms with E-state index in [1.54, 1.807) is 0 Å². The molecule has 9 heteroatoms. The molecule has 0 aliphatic carbocycles. The monoisotopic (exact) mass is 360 g/mol. The highest BCUT2D eigenvalue weighted by molar-refractivity contribution is 7.90. The summed E-state index contributed by atoms with van der Waals surface area (Å²) in [7, 11) is -3.38. The van der Waals surface area contributed by atoms with Crippen molar-refractivity contribution in [2.45, 2.75) is 11.1 Å². The molecule has 0 atom stereocenters. The van der Waals surface area contributed by atoms with E-state index >= 15 is 0 Å². The zero-order chi connectivity index (χ0) is 18.1. The first kappa shape index (κ1) is 17.9. The Bertz CT molecular complexity index is 889. The summed E-state index contributed by atoms with van der Waals surface area (Å²) in [6.07, 6.45) is -3.68. The fourth-order valence-corrected chi connectivity index (χ4v) is 2.50. The van der Waals surface area contributed by atoms with Crippen molar-refractivity contribution in [3.63, 3.8) is 0 Å². The Kier molecular flexibility index (Phi) is 4.66. The smallest absolute Gasteiger partial charge is 0.383 e. The van der Waals surface area contributed by atoms with Crippen molar-refractivity contribution in [1.29, 1.82) is 0 Å². The van der Waals surface area contributed by atoms with E-state index in [9.17, 15) is 26.0 Å². The molecule has 0 heterocycles. The van der Waals surface area contributed by atoms with Gasteiger partial charge < -0.3 is 5.73 Å². The molecule has 2 aromatic carbocycles. The van der Waals surface area contributed by atoms with Gasteiger partial charge in [-0.3, -0.25) is 0 Å². The van der Waals surface area contributed by atoms with E-state index in [1.807, 2.05) is 0 Å². The Hall–Kier alpha value is -2.42. The topological polar surface area (TPSA) is 72.5 Å². The van der Waals surface area contributed by atoms with Crippen LogP contribution in [0.5, 0.6) is 0 Å². The molecule has 0 saturated heterocycles. The van der Waals surface area contributed by atoms with E-state index in [0.29, 0.717) is 12.1 Å². The van der Waals surface area contributed by atoms with Crippen LogP contribution in [0.2, 0.25) is 0 Å². The lowest BCUT2D eigenvalue weighted by Crippen LogP contribution is -2.15. The van der Waals surface area contributed by atoms with Crippen LogP contribution in [0.15, 0.2) is 52.4 Å². The van der Waals surface area contributed by atoms with Crippen LogP contribution in [0.3, 0.4) is 0 Å². The van der Waals surface area contributed by atoms with E-state index < -0.39 is 27.4 Å². The minimum atomic E-state index is -4.71. The fraction of sp³-hybridized carbons (Fsp3) is 0.133. The summed E-state index contributed by atoms with van der Waals surface area (Å²) >= 11 is 0. The van der Waals surface area contributed by atoms with Crippen molar-refractivity contribution >= 4 is 21.4 Å². The molecule has 0 bridgehead atoms. The quantitative estimate of drug-likeness (QED) is 0.519. The standard InChI is InChI=1S/C15H12F4N2O2S/c1-24(22,23)13-4-2-12(3-5-13)21-14(20)9-6-10(15(17,18)19)8-11(16)7-9/h2-8H,1H3,(H2,20,21). The van der Waals surface area contributed by atoms with Crippen molar-refractivity contribution in [3.8, 4) is 0 Å². The lowest BCUT2D eigenvalue weighted by Gasteiger charge is -2.09. The normalized spacial score (nSPS) is 13.1. The van der Waals surface area contributed by atoms with Gasteiger partial charge in [-0.25, -0.2) is 17.8 Å². The van der Waals surface area contributed by atoms with Crippen LogP contribution in [-0.4, -0.2) is 20.5 Å². The first-order chi connectivity index (χ1) is 11.0. The molecule has 0 fully saturated rings. The van der Waals surface area contributed by atoms with Gasteiger partial charge in [0.05, 0.1) is 16.1 Å². The van der Waals surface area contributed by atoms with Gasteiger partial charge in [-0.05, 0) is 42.5 Å². The first-order valence-electron chi connectivity index (χ1n) is 6.49. The Morgan fingerprint density at radius 3 is 2.17 bits per heavy atom. The summed E-state index contributed by atoms with van der Waals surface area (Å²) in [5.41, 5.74) is 4.44. The van der Waals surface area contributed by atoms with Gasteiger partial charge in [0.25, 0.3) is 0 Å². The Morgan fingerprint density at radius 2 is 1.67 bits per heavy atom. The Labute approximate surface area is 135 Å². The second-order valence-electron chi connectivity index (χ2n) is 4.99. The van der Waals surface area contributed by atoms with Crippen LogP contribution in [0.1, 0.15) is 11.1 Å². The summed E-state index contributed by atoms with van der Waals surface area (Å²) < 4.78 is 74.1. The summed E-state index contributed by atoms with van der Waals surface area (Å²) in [6.45, 7) is 0. The van der Waals surface area contributed by atoms with Gasteiger partial charge >= 0.3 is 6.18 Å². The predicted molar refractivity (Wildman–Crippen MR) is 81.3 cm³/mol. The Morgan fingerprint density at radius 1 is 1.08 bits per heavy atom. The third-order valence-corrected chi connectivity index (χ3v) is 4.16. The van der Waals surface area contributed by atoms with Crippen LogP contribution in [0, 0.1) is 5.82 Å². The highest BCUT2D eigenvalue weighted by Gasteiger charge is 2.31. The first-order valence-corrected chi connectivity index (χ1v) is 8.38. The number of benzene rings is 2. The molecule has 2 rings (SSSR count). The maximum atomic E-state index is 13.4. The molecule has 0 unspecified atom stereocenters. The van der Waals surface area contributed by atoms with E-state index in [-0.39, 0.29) is 22.0 Å². The van der Waals surface area contributed by atoms with Crippen molar-refractivity contribution in [3.05, 3.63) is 59.4 Å². The summed E-state index contributed by atoms with van der Waals surface area (Å²) in [5.74, 6) is -1.42. The van der Waals surface area contributed by atoms with Crippen LogP contribution < -0.4 is 5.73 Å². The van der Waals surface area contributed by atoms with E-state index in [0.717, 1.165) is 12.3 Å². The van der Waals surface area contributed by atoms with Crippen LogP contribution in [0.4, 0.5) is 23.2 Å². The molecule has 128 valence electrons. The number of sulfone groups is 1. The highest BCUT2D eigenvalue weighted by Crippen LogP contribution is 2.30.